The second kappa shape index (κ2) is 14.7. The minimum atomic E-state index is -0.667. The zero-order chi connectivity index (χ0) is 27.3. The van der Waals surface area contributed by atoms with Crippen LogP contribution in [0.5, 0.6) is 0 Å². The van der Waals surface area contributed by atoms with Crippen molar-refractivity contribution in [1.82, 2.24) is 15.5 Å². The van der Waals surface area contributed by atoms with Gasteiger partial charge in [0, 0.05) is 25.3 Å². The van der Waals surface area contributed by atoms with E-state index in [1.165, 1.54) is 0 Å². The van der Waals surface area contributed by atoms with E-state index in [9.17, 15) is 14.4 Å². The molecule has 0 saturated heterocycles. The summed E-state index contributed by atoms with van der Waals surface area (Å²) < 4.78 is 0. The summed E-state index contributed by atoms with van der Waals surface area (Å²) in [6, 6.07) is 26.5. The average molecular weight is 516 g/mol. The number of carbonyl (C=O) groups is 3. The molecule has 0 fully saturated rings. The van der Waals surface area contributed by atoms with E-state index in [1.807, 2.05) is 60.7 Å². The quantitative estimate of drug-likeness (QED) is 0.279. The van der Waals surface area contributed by atoms with Gasteiger partial charge in [-0.25, -0.2) is 0 Å². The molecule has 200 valence electrons. The number of carbonyl (C=O) groups excluding carboxylic acids is 3. The van der Waals surface area contributed by atoms with Crippen molar-refractivity contribution in [2.45, 2.75) is 45.4 Å². The lowest BCUT2D eigenvalue weighted by molar-refractivity contribution is -0.129. The fourth-order valence-electron chi connectivity index (χ4n) is 3.90. The molecule has 8 heteroatoms. The van der Waals surface area contributed by atoms with Gasteiger partial charge in [-0.15, -0.1) is 0 Å². The lowest BCUT2D eigenvalue weighted by atomic mass is 10.1. The van der Waals surface area contributed by atoms with Crippen molar-refractivity contribution in [2.75, 3.05) is 18.4 Å². The highest BCUT2D eigenvalue weighted by Crippen LogP contribution is 2.13. The van der Waals surface area contributed by atoms with Gasteiger partial charge < -0.3 is 21.7 Å². The molecule has 0 aliphatic carbocycles. The van der Waals surface area contributed by atoms with Gasteiger partial charge in [-0.05, 0) is 49.1 Å². The number of nitrogens with two attached hydrogens (primary N) is 1. The summed E-state index contributed by atoms with van der Waals surface area (Å²) in [5, 5.41) is 8.37. The molecule has 0 bridgehead atoms. The summed E-state index contributed by atoms with van der Waals surface area (Å²) >= 11 is 0. The van der Waals surface area contributed by atoms with Gasteiger partial charge in [-0.3, -0.25) is 19.3 Å². The minimum Gasteiger partial charge on any atom is -0.354 e. The van der Waals surface area contributed by atoms with E-state index in [2.05, 4.69) is 45.1 Å². The summed E-state index contributed by atoms with van der Waals surface area (Å²) in [7, 11) is 0. The van der Waals surface area contributed by atoms with Crippen LogP contribution >= 0.6 is 0 Å². The molecule has 3 amide bonds. The summed E-state index contributed by atoms with van der Waals surface area (Å²) in [4.78, 5) is 38.8. The van der Waals surface area contributed by atoms with E-state index in [-0.39, 0.29) is 24.3 Å². The van der Waals surface area contributed by atoms with E-state index in [0.717, 1.165) is 22.4 Å². The lowest BCUT2D eigenvalue weighted by Gasteiger charge is -2.22. The SMILES string of the molecule is C[C@@H](N)C(=O)N[C@H](C)C(=O)NCCc1ccc(NC(=O)CN(Cc2ccccc2)Cc2ccccc2)cc1. The number of rotatable bonds is 13. The van der Waals surface area contributed by atoms with E-state index in [4.69, 9.17) is 5.73 Å². The maximum absolute atomic E-state index is 12.9. The second-order valence-electron chi connectivity index (χ2n) is 9.42. The molecule has 3 rings (SSSR count). The molecule has 0 radical (unpaired) electrons. The van der Waals surface area contributed by atoms with Crippen molar-refractivity contribution in [3.8, 4) is 0 Å². The van der Waals surface area contributed by atoms with Crippen LogP contribution in [0.4, 0.5) is 5.69 Å². The van der Waals surface area contributed by atoms with Crippen LogP contribution in [0.25, 0.3) is 0 Å². The third-order valence-electron chi connectivity index (χ3n) is 5.98. The van der Waals surface area contributed by atoms with Crippen molar-refractivity contribution in [3.05, 3.63) is 102 Å². The van der Waals surface area contributed by atoms with Crippen molar-refractivity contribution < 1.29 is 14.4 Å². The molecule has 0 saturated carbocycles. The van der Waals surface area contributed by atoms with E-state index in [1.54, 1.807) is 13.8 Å². The van der Waals surface area contributed by atoms with Gasteiger partial charge in [0.05, 0.1) is 12.6 Å². The third-order valence-corrected chi connectivity index (χ3v) is 5.98. The molecule has 0 spiro atoms. The van der Waals surface area contributed by atoms with Gasteiger partial charge in [-0.2, -0.15) is 0 Å². The number of hydrogen-bond donors (Lipinski definition) is 4. The Morgan fingerprint density at radius 1 is 0.763 bits per heavy atom. The van der Waals surface area contributed by atoms with Crippen LogP contribution < -0.4 is 21.7 Å². The van der Waals surface area contributed by atoms with Gasteiger partial charge in [0.15, 0.2) is 0 Å². The third kappa shape index (κ3) is 9.80. The highest BCUT2D eigenvalue weighted by atomic mass is 16.2. The second-order valence-corrected chi connectivity index (χ2v) is 9.42. The first-order valence-electron chi connectivity index (χ1n) is 12.8. The predicted octanol–water partition coefficient (Wildman–Crippen LogP) is 2.84. The highest BCUT2D eigenvalue weighted by Gasteiger charge is 2.17. The molecular formula is C30H37N5O3. The highest BCUT2D eigenvalue weighted by molar-refractivity contribution is 5.92. The number of benzene rings is 3. The standard InChI is InChI=1S/C30H37N5O3/c1-22(31)29(37)33-23(2)30(38)32-18-17-24-13-15-27(16-14-24)34-28(36)21-35(19-25-9-5-3-6-10-25)20-26-11-7-4-8-12-26/h3-16,22-23H,17-21,31H2,1-2H3,(H,32,38)(H,33,37)(H,34,36)/t22-,23-/m1/s1. The Labute approximate surface area is 224 Å². The molecule has 3 aromatic rings. The maximum Gasteiger partial charge on any atom is 0.242 e. The van der Waals surface area contributed by atoms with Crippen molar-refractivity contribution in [1.29, 1.82) is 0 Å². The van der Waals surface area contributed by atoms with Crippen LogP contribution in [0.3, 0.4) is 0 Å². The van der Waals surface area contributed by atoms with Crippen LogP contribution in [0.2, 0.25) is 0 Å². The molecule has 3 aromatic carbocycles. The number of nitrogens with one attached hydrogen (secondary N) is 3. The molecule has 5 N–H and O–H groups in total. The molecule has 0 heterocycles. The molecular weight excluding hydrogens is 478 g/mol. The van der Waals surface area contributed by atoms with Gasteiger partial charge in [0.25, 0.3) is 0 Å². The Hall–Kier alpha value is -4.01. The molecule has 2 atom stereocenters. The molecule has 8 nitrogen and oxygen atoms in total. The molecule has 38 heavy (non-hydrogen) atoms. The zero-order valence-corrected chi connectivity index (χ0v) is 22.0. The number of hydrogen-bond acceptors (Lipinski definition) is 5. The predicted molar refractivity (Wildman–Crippen MR) is 150 cm³/mol. The minimum absolute atomic E-state index is 0.0836. The van der Waals surface area contributed by atoms with Gasteiger partial charge in [0.1, 0.15) is 6.04 Å². The van der Waals surface area contributed by atoms with Crippen LogP contribution in [0, 0.1) is 0 Å². The van der Waals surface area contributed by atoms with Crippen LogP contribution in [0.15, 0.2) is 84.9 Å². The summed E-state index contributed by atoms with van der Waals surface area (Å²) in [6.45, 7) is 5.21. The van der Waals surface area contributed by atoms with Crippen molar-refractivity contribution >= 4 is 23.4 Å². The molecule has 0 unspecified atom stereocenters. The Morgan fingerprint density at radius 3 is 1.84 bits per heavy atom. The van der Waals surface area contributed by atoms with Gasteiger partial charge in [0.2, 0.25) is 17.7 Å². The van der Waals surface area contributed by atoms with Crippen LogP contribution in [-0.2, 0) is 33.9 Å². The monoisotopic (exact) mass is 515 g/mol. The zero-order valence-electron chi connectivity index (χ0n) is 22.0. The van der Waals surface area contributed by atoms with E-state index in [0.29, 0.717) is 26.1 Å². The van der Waals surface area contributed by atoms with Crippen LogP contribution in [0.1, 0.15) is 30.5 Å². The van der Waals surface area contributed by atoms with Crippen LogP contribution in [-0.4, -0.2) is 47.8 Å². The van der Waals surface area contributed by atoms with Crippen molar-refractivity contribution in [2.24, 2.45) is 5.73 Å². The largest absolute Gasteiger partial charge is 0.354 e. The first kappa shape index (κ1) is 28.6. The maximum atomic E-state index is 12.9. The molecule has 0 aromatic heterocycles. The Bertz CT molecular complexity index is 1130. The fraction of sp³-hybridized carbons (Fsp3) is 0.300. The van der Waals surface area contributed by atoms with Gasteiger partial charge >= 0.3 is 0 Å². The first-order valence-corrected chi connectivity index (χ1v) is 12.8. The summed E-state index contributed by atoms with van der Waals surface area (Å²) in [5.74, 6) is -0.716. The summed E-state index contributed by atoms with van der Waals surface area (Å²) in [5.41, 5.74) is 9.55. The van der Waals surface area contributed by atoms with Crippen molar-refractivity contribution in [3.63, 3.8) is 0 Å². The number of anilines is 1. The Morgan fingerprint density at radius 2 is 1.32 bits per heavy atom. The number of amides is 3. The van der Waals surface area contributed by atoms with E-state index >= 15 is 0 Å². The smallest absolute Gasteiger partial charge is 0.242 e. The average Bonchev–Trinajstić information content (AvgIpc) is 2.90. The number of nitrogens with zero attached hydrogens (tertiary/aromatic N) is 1. The fourth-order valence-corrected chi connectivity index (χ4v) is 3.90. The lowest BCUT2D eigenvalue weighted by Crippen LogP contribution is -2.49. The molecule has 0 aliphatic heterocycles. The molecule has 0 aliphatic rings. The topological polar surface area (TPSA) is 117 Å². The Kier molecular flexibility index (Phi) is 11.0. The Balaban J connectivity index is 1.48. The first-order chi connectivity index (χ1) is 18.3. The normalized spacial score (nSPS) is 12.4. The summed E-state index contributed by atoms with van der Waals surface area (Å²) in [6.07, 6.45) is 0.621. The van der Waals surface area contributed by atoms with E-state index < -0.39 is 12.1 Å². The van der Waals surface area contributed by atoms with Gasteiger partial charge in [-0.1, -0.05) is 72.8 Å².